The number of nitrogens with zero attached hydrogens (tertiary/aromatic N) is 1. The maximum atomic E-state index is 13.4. The zero-order valence-electron chi connectivity index (χ0n) is 12.9. The molecule has 6 heteroatoms. The summed E-state index contributed by atoms with van der Waals surface area (Å²) in [4.78, 5) is 2.31. The van der Waals surface area contributed by atoms with Gasteiger partial charge in [-0.05, 0) is 51.0 Å². The van der Waals surface area contributed by atoms with E-state index in [-0.39, 0.29) is 18.2 Å². The topological polar surface area (TPSA) is 44.7 Å². The van der Waals surface area contributed by atoms with Crippen molar-refractivity contribution in [3.05, 3.63) is 24.0 Å². The van der Waals surface area contributed by atoms with Gasteiger partial charge in [0.15, 0.2) is 0 Å². The number of ether oxygens (including phenoxy) is 1. The predicted molar refractivity (Wildman–Crippen MR) is 87.3 cm³/mol. The van der Waals surface area contributed by atoms with Crippen molar-refractivity contribution in [1.29, 1.82) is 0 Å². The van der Waals surface area contributed by atoms with Crippen LogP contribution in [-0.4, -0.2) is 55.3 Å². The average Bonchev–Trinajstić information content (AvgIpc) is 2.53. The third kappa shape index (κ3) is 5.30. The number of hydrogen-bond acceptors (Lipinski definition) is 4. The molecule has 1 fully saturated rings. The van der Waals surface area contributed by atoms with Crippen molar-refractivity contribution in [2.45, 2.75) is 18.9 Å². The van der Waals surface area contributed by atoms with Crippen molar-refractivity contribution in [3.8, 4) is 5.75 Å². The number of rotatable bonds is 7. The van der Waals surface area contributed by atoms with Crippen LogP contribution in [-0.2, 0) is 0 Å². The van der Waals surface area contributed by atoms with Gasteiger partial charge in [0.2, 0.25) is 0 Å². The smallest absolute Gasteiger partial charge is 0.142 e. The van der Waals surface area contributed by atoms with E-state index in [0.29, 0.717) is 24.0 Å². The van der Waals surface area contributed by atoms with Gasteiger partial charge >= 0.3 is 0 Å². The Morgan fingerprint density at radius 1 is 1.45 bits per heavy atom. The summed E-state index contributed by atoms with van der Waals surface area (Å²) in [6, 6.07) is 4.39. The summed E-state index contributed by atoms with van der Waals surface area (Å²) in [5.41, 5.74) is 0.553. The number of piperidine rings is 1. The fraction of sp³-hybridized carbons (Fsp3) is 0.625. The lowest BCUT2D eigenvalue weighted by Gasteiger charge is -2.29. The van der Waals surface area contributed by atoms with E-state index >= 15 is 0 Å². The van der Waals surface area contributed by atoms with Gasteiger partial charge < -0.3 is 20.1 Å². The van der Waals surface area contributed by atoms with Crippen molar-refractivity contribution in [3.63, 3.8) is 0 Å². The summed E-state index contributed by atoms with van der Waals surface area (Å²) >= 11 is 5.56. The Morgan fingerprint density at radius 3 is 2.86 bits per heavy atom. The summed E-state index contributed by atoms with van der Waals surface area (Å²) in [7, 11) is 2.13. The van der Waals surface area contributed by atoms with Crippen molar-refractivity contribution in [1.82, 2.24) is 4.90 Å². The second kappa shape index (κ2) is 8.56. The number of likely N-dealkylation sites (tertiary alicyclic amines) is 1. The number of benzene rings is 1. The second-order valence-electron chi connectivity index (χ2n) is 5.89. The summed E-state index contributed by atoms with van der Waals surface area (Å²) in [6.07, 6.45) is 1.56. The molecule has 1 heterocycles. The van der Waals surface area contributed by atoms with Crippen molar-refractivity contribution in [2.75, 3.05) is 44.5 Å². The first-order valence-electron chi connectivity index (χ1n) is 7.67. The molecular formula is C16H24ClFN2O2. The quantitative estimate of drug-likeness (QED) is 0.754. The molecule has 4 nitrogen and oxygen atoms in total. The number of aliphatic hydroxyl groups excluding tert-OH is 1. The van der Waals surface area contributed by atoms with Crippen molar-refractivity contribution < 1.29 is 14.2 Å². The fourth-order valence-electron chi connectivity index (χ4n) is 2.48. The average molecular weight is 331 g/mol. The molecule has 1 aliphatic rings. The summed E-state index contributed by atoms with van der Waals surface area (Å²) < 4.78 is 19.3. The van der Waals surface area contributed by atoms with Gasteiger partial charge in [0, 0.05) is 12.6 Å². The second-order valence-corrected chi connectivity index (χ2v) is 6.20. The highest BCUT2D eigenvalue weighted by atomic mass is 35.5. The first-order valence-corrected chi connectivity index (χ1v) is 8.20. The minimum Gasteiger partial charge on any atom is -0.491 e. The van der Waals surface area contributed by atoms with Gasteiger partial charge in [-0.3, -0.25) is 0 Å². The highest BCUT2D eigenvalue weighted by Gasteiger charge is 2.18. The predicted octanol–water partition coefficient (Wildman–Crippen LogP) is 2.56. The van der Waals surface area contributed by atoms with Crippen LogP contribution < -0.4 is 10.1 Å². The Morgan fingerprint density at radius 2 is 2.18 bits per heavy atom. The lowest BCUT2D eigenvalue weighted by atomic mass is 9.98. The number of aliphatic hydroxyl groups is 1. The monoisotopic (exact) mass is 330 g/mol. The van der Waals surface area contributed by atoms with Crippen molar-refractivity contribution in [2.24, 2.45) is 5.92 Å². The molecule has 2 rings (SSSR count). The van der Waals surface area contributed by atoms with E-state index in [0.717, 1.165) is 25.9 Å². The van der Waals surface area contributed by atoms with Gasteiger partial charge in [-0.25, -0.2) is 4.39 Å². The Bertz CT molecular complexity index is 467. The first kappa shape index (κ1) is 17.3. The minimum absolute atomic E-state index is 0.133. The number of nitrogens with one attached hydrogen (secondary N) is 1. The molecule has 1 unspecified atom stereocenters. The molecule has 0 radical (unpaired) electrons. The van der Waals surface area contributed by atoms with E-state index in [4.69, 9.17) is 16.3 Å². The normalized spacial score (nSPS) is 18.2. The van der Waals surface area contributed by atoms with Crippen LogP contribution in [0.2, 0.25) is 0 Å². The maximum Gasteiger partial charge on any atom is 0.142 e. The number of hydrogen-bond donors (Lipinski definition) is 2. The molecule has 0 aromatic heterocycles. The summed E-state index contributed by atoms with van der Waals surface area (Å²) in [5.74, 6) is 0.938. The molecule has 1 aromatic carbocycles. The van der Waals surface area contributed by atoms with Crippen LogP contribution >= 0.6 is 11.6 Å². The molecule has 1 aliphatic heterocycles. The van der Waals surface area contributed by atoms with Crippen LogP contribution in [0.1, 0.15) is 12.8 Å². The molecule has 1 saturated heterocycles. The molecule has 0 spiro atoms. The molecule has 1 atom stereocenters. The van der Waals surface area contributed by atoms with E-state index < -0.39 is 6.10 Å². The van der Waals surface area contributed by atoms with Gasteiger partial charge in [0.05, 0.1) is 24.3 Å². The van der Waals surface area contributed by atoms with Gasteiger partial charge in [-0.15, -0.1) is 11.6 Å². The molecular weight excluding hydrogens is 307 g/mol. The van der Waals surface area contributed by atoms with Crippen LogP contribution in [0.15, 0.2) is 18.2 Å². The number of anilines is 1. The number of halogens is 2. The van der Waals surface area contributed by atoms with Gasteiger partial charge in [0.25, 0.3) is 0 Å². The molecule has 0 amide bonds. The van der Waals surface area contributed by atoms with Crippen LogP contribution in [0.25, 0.3) is 0 Å². The summed E-state index contributed by atoms with van der Waals surface area (Å²) in [5, 5.41) is 12.5. The molecule has 124 valence electrons. The van der Waals surface area contributed by atoms with Crippen molar-refractivity contribution >= 4 is 17.3 Å². The minimum atomic E-state index is -0.674. The van der Waals surface area contributed by atoms with E-state index in [2.05, 4.69) is 17.3 Å². The SMILES string of the molecule is CN1CCC(COc2ccc(F)cc2NCC(O)CCl)CC1. The highest BCUT2D eigenvalue weighted by molar-refractivity contribution is 6.18. The standard InChI is InChI=1S/C16H24ClFN2O2/c1-20-6-4-12(5-7-20)11-22-16-3-2-13(18)8-15(16)19-10-14(21)9-17/h2-3,8,12,14,19,21H,4-7,9-11H2,1H3. The zero-order valence-corrected chi connectivity index (χ0v) is 13.7. The fourth-order valence-corrected chi connectivity index (χ4v) is 2.59. The Kier molecular flexibility index (Phi) is 6.73. The van der Waals surface area contributed by atoms with E-state index in [9.17, 15) is 9.50 Å². The van der Waals surface area contributed by atoms with Crippen LogP contribution in [0.4, 0.5) is 10.1 Å². The third-order valence-corrected chi connectivity index (χ3v) is 4.32. The molecule has 0 saturated carbocycles. The molecule has 2 N–H and O–H groups in total. The molecule has 22 heavy (non-hydrogen) atoms. The van der Waals surface area contributed by atoms with E-state index in [1.165, 1.54) is 12.1 Å². The number of alkyl halides is 1. The lowest BCUT2D eigenvalue weighted by Crippen LogP contribution is -2.32. The van der Waals surface area contributed by atoms with Crippen LogP contribution in [0.5, 0.6) is 5.75 Å². The Balaban J connectivity index is 1.91. The zero-order chi connectivity index (χ0) is 15.9. The molecule has 0 aliphatic carbocycles. The van der Waals surface area contributed by atoms with Gasteiger partial charge in [0.1, 0.15) is 11.6 Å². The largest absolute Gasteiger partial charge is 0.491 e. The maximum absolute atomic E-state index is 13.4. The summed E-state index contributed by atoms with van der Waals surface area (Å²) in [6.45, 7) is 3.07. The first-order chi connectivity index (χ1) is 10.6. The van der Waals surface area contributed by atoms with Gasteiger partial charge in [-0.1, -0.05) is 0 Å². The highest BCUT2D eigenvalue weighted by Crippen LogP contribution is 2.27. The Labute approximate surface area is 136 Å². The van der Waals surface area contributed by atoms with Crippen LogP contribution in [0, 0.1) is 11.7 Å². The third-order valence-electron chi connectivity index (χ3n) is 3.96. The molecule has 1 aromatic rings. The lowest BCUT2D eigenvalue weighted by molar-refractivity contribution is 0.160. The Hall–Kier alpha value is -1.04. The van der Waals surface area contributed by atoms with E-state index in [1.807, 2.05) is 0 Å². The van der Waals surface area contributed by atoms with E-state index in [1.54, 1.807) is 6.07 Å². The van der Waals surface area contributed by atoms with Gasteiger partial charge in [-0.2, -0.15) is 0 Å². The van der Waals surface area contributed by atoms with Crippen LogP contribution in [0.3, 0.4) is 0 Å². The molecule has 0 bridgehead atoms.